The Hall–Kier alpha value is -4.35. The third-order valence-electron chi connectivity index (χ3n) is 12.1. The van der Waals surface area contributed by atoms with Gasteiger partial charge in [0.15, 0.2) is 29.7 Å². The summed E-state index contributed by atoms with van der Waals surface area (Å²) in [5.74, 6) is 1.12. The van der Waals surface area contributed by atoms with E-state index in [0.29, 0.717) is 17.8 Å². The normalized spacial score (nSPS) is 17.4. The maximum absolute atomic E-state index is 6.90. The van der Waals surface area contributed by atoms with Crippen molar-refractivity contribution in [2.24, 2.45) is 5.41 Å². The molecule has 6 heterocycles. The first kappa shape index (κ1) is 36.6. The van der Waals surface area contributed by atoms with Crippen LogP contribution in [0.3, 0.4) is 0 Å². The van der Waals surface area contributed by atoms with E-state index in [1.54, 1.807) is 5.19 Å². The van der Waals surface area contributed by atoms with Crippen molar-refractivity contribution in [3.8, 4) is 22.5 Å². The average molecular weight is 734 g/mol. The van der Waals surface area contributed by atoms with Gasteiger partial charge in [0.25, 0.3) is 0 Å². The van der Waals surface area contributed by atoms with Crippen LogP contribution < -0.4 is 14.3 Å². The first-order chi connectivity index (χ1) is 25.5. The van der Waals surface area contributed by atoms with Gasteiger partial charge in [-0.05, 0) is 90.5 Å². The summed E-state index contributed by atoms with van der Waals surface area (Å²) in [6.45, 7) is 30.8. The molecule has 4 nitrogen and oxygen atoms in total. The molecule has 0 spiro atoms. The zero-order valence-corrected chi connectivity index (χ0v) is 35.5. The summed E-state index contributed by atoms with van der Waals surface area (Å²) >= 11 is 0. The molecule has 4 aromatic heterocycles. The summed E-state index contributed by atoms with van der Waals surface area (Å²) in [7, 11) is -1.66. The van der Waals surface area contributed by atoms with E-state index in [2.05, 4.69) is 157 Å². The molecule has 0 N–H and O–H groups in total. The lowest BCUT2D eigenvalue weighted by Crippen LogP contribution is -2.54. The molecule has 8 rings (SSSR count). The fourth-order valence-corrected chi connectivity index (χ4v) is 11.1. The molecule has 0 bridgehead atoms. The van der Waals surface area contributed by atoms with Gasteiger partial charge >= 0.3 is 0 Å². The second kappa shape index (κ2) is 13.1. The van der Waals surface area contributed by atoms with Crippen LogP contribution in [0.2, 0.25) is 19.6 Å². The highest BCUT2D eigenvalue weighted by molar-refractivity contribution is 6.89. The summed E-state index contributed by atoms with van der Waals surface area (Å²) < 4.78 is 12.0. The number of rotatable bonds is 4. The molecular weight excluding hydrogens is 675 g/mol. The van der Waals surface area contributed by atoms with Crippen LogP contribution in [0, 0.1) is 12.3 Å². The standard InChI is InChI=1S/C49H59N3OSi/c1-29(2)40-25-43-36-16-14-13-15-35(36)37-19-17-33-18-20-38-39-21-22-41(30(3)4)50-48(39)53-47(38)46(33)44-24-34(26-49(7,8)9)31(5)27-51(44)32(6)23-42(37)52(43)28-45(40)54(10,11)12/h13-16,18,20-22,24-25,27-30,37,42H,6,17,19,23,26H2,1-5,7-12H3/q+2. The Kier molecular flexibility index (Phi) is 8.92. The molecule has 0 aliphatic carbocycles. The number of pyridine rings is 3. The van der Waals surface area contributed by atoms with Crippen molar-refractivity contribution in [1.29, 1.82) is 0 Å². The third-order valence-corrected chi connectivity index (χ3v) is 14.2. The molecule has 0 amide bonds. The number of aromatic nitrogens is 3. The smallest absolute Gasteiger partial charge is 0.227 e. The van der Waals surface area contributed by atoms with Gasteiger partial charge in [-0.15, -0.1) is 0 Å². The quantitative estimate of drug-likeness (QED) is 0.134. The molecule has 2 atom stereocenters. The zero-order valence-electron chi connectivity index (χ0n) is 34.5. The van der Waals surface area contributed by atoms with E-state index in [0.717, 1.165) is 59.1 Å². The minimum Gasteiger partial charge on any atom is -0.437 e. The van der Waals surface area contributed by atoms with Crippen molar-refractivity contribution in [3.63, 3.8) is 0 Å². The molecule has 0 saturated carbocycles. The molecule has 6 aromatic rings. The summed E-state index contributed by atoms with van der Waals surface area (Å²) in [5, 5.41) is 3.78. The van der Waals surface area contributed by atoms with Crippen molar-refractivity contribution in [1.82, 2.24) is 4.98 Å². The summed E-state index contributed by atoms with van der Waals surface area (Å²) in [5.41, 5.74) is 16.0. The lowest BCUT2D eigenvalue weighted by atomic mass is 9.77. The maximum atomic E-state index is 6.90. The highest BCUT2D eigenvalue weighted by Crippen LogP contribution is 2.46. The summed E-state index contributed by atoms with van der Waals surface area (Å²) in [6.07, 6.45) is 8.77. The topological polar surface area (TPSA) is 33.8 Å². The van der Waals surface area contributed by atoms with Gasteiger partial charge < -0.3 is 4.42 Å². The summed E-state index contributed by atoms with van der Waals surface area (Å²) in [6, 6.07) is 23.5. The largest absolute Gasteiger partial charge is 0.437 e. The van der Waals surface area contributed by atoms with Crippen molar-refractivity contribution >= 4 is 41.0 Å². The first-order valence-electron chi connectivity index (χ1n) is 20.3. The SMILES string of the molecule is C=C1CC2C(CCc3ccc4c(oc5nc(C(C)C)ccc54)c3-c3cc(CC(C)(C)C)c(C)c[n+]31)c1ccccc1-c1cc(C(C)C)c([Si](C)(C)C)c[n+]12. The highest BCUT2D eigenvalue weighted by atomic mass is 28.3. The van der Waals surface area contributed by atoms with E-state index in [9.17, 15) is 0 Å². The average Bonchev–Trinajstić information content (AvgIpc) is 3.48. The number of benzene rings is 2. The van der Waals surface area contributed by atoms with Crippen LogP contribution in [-0.2, 0) is 12.8 Å². The number of fused-ring (bicyclic) bond motifs is 13. The molecular formula is C49H59N3OSi+2. The molecule has 54 heavy (non-hydrogen) atoms. The minimum atomic E-state index is -1.66. The summed E-state index contributed by atoms with van der Waals surface area (Å²) in [4.78, 5) is 5.04. The molecule has 0 fully saturated rings. The lowest BCUT2D eigenvalue weighted by Gasteiger charge is -2.33. The van der Waals surface area contributed by atoms with Gasteiger partial charge in [0.1, 0.15) is 0 Å². The van der Waals surface area contributed by atoms with Gasteiger partial charge in [-0.2, -0.15) is 9.13 Å². The molecule has 2 aliphatic rings. The molecule has 5 heteroatoms. The van der Waals surface area contributed by atoms with Gasteiger partial charge in [-0.3, -0.25) is 0 Å². The monoisotopic (exact) mass is 733 g/mol. The Morgan fingerprint density at radius 3 is 2.35 bits per heavy atom. The molecule has 278 valence electrons. The van der Waals surface area contributed by atoms with Gasteiger partial charge in [0, 0.05) is 50.8 Å². The number of allylic oxidation sites excluding steroid dienone is 1. The van der Waals surface area contributed by atoms with Crippen LogP contribution in [0.5, 0.6) is 0 Å². The fraction of sp³-hybridized carbons (Fsp3) is 0.408. The number of nitrogens with zero attached hydrogens (tertiary/aromatic N) is 3. The second-order valence-corrected chi connectivity index (χ2v) is 24.2. The lowest BCUT2D eigenvalue weighted by molar-refractivity contribution is -0.719. The van der Waals surface area contributed by atoms with E-state index in [4.69, 9.17) is 16.0 Å². The van der Waals surface area contributed by atoms with Crippen LogP contribution >= 0.6 is 0 Å². The van der Waals surface area contributed by atoms with E-state index in [1.807, 2.05) is 0 Å². The minimum absolute atomic E-state index is 0.147. The maximum Gasteiger partial charge on any atom is 0.227 e. The molecule has 2 aromatic carbocycles. The predicted molar refractivity (Wildman–Crippen MR) is 228 cm³/mol. The number of hydrogen-bond donors (Lipinski definition) is 0. The van der Waals surface area contributed by atoms with Gasteiger partial charge in [-0.25, -0.2) is 4.98 Å². The first-order valence-corrected chi connectivity index (χ1v) is 23.8. The van der Waals surface area contributed by atoms with Crippen LogP contribution in [0.15, 0.2) is 84.1 Å². The Morgan fingerprint density at radius 2 is 1.65 bits per heavy atom. The van der Waals surface area contributed by atoms with Crippen LogP contribution in [-0.4, -0.2) is 13.1 Å². The number of aryl methyl sites for hydroxylation is 2. The van der Waals surface area contributed by atoms with Gasteiger partial charge in [0.05, 0.1) is 20.1 Å². The van der Waals surface area contributed by atoms with Crippen molar-refractivity contribution in [2.75, 3.05) is 0 Å². The van der Waals surface area contributed by atoms with E-state index >= 15 is 0 Å². The Bertz CT molecular complexity index is 2470. The van der Waals surface area contributed by atoms with Crippen molar-refractivity contribution in [3.05, 3.63) is 113 Å². The third kappa shape index (κ3) is 6.26. The molecule has 2 aliphatic heterocycles. The predicted octanol–water partition coefficient (Wildman–Crippen LogP) is 11.7. The van der Waals surface area contributed by atoms with Gasteiger partial charge in [-0.1, -0.05) is 98.4 Å². The van der Waals surface area contributed by atoms with E-state index in [1.165, 1.54) is 50.3 Å². The number of furan rings is 1. The van der Waals surface area contributed by atoms with Crippen LogP contribution in [0.4, 0.5) is 0 Å². The Balaban J connectivity index is 1.39. The van der Waals surface area contributed by atoms with Crippen LogP contribution in [0.25, 0.3) is 50.3 Å². The fourth-order valence-electron chi connectivity index (χ4n) is 9.37. The van der Waals surface area contributed by atoms with Crippen LogP contribution in [0.1, 0.15) is 119 Å². The van der Waals surface area contributed by atoms with E-state index in [-0.39, 0.29) is 11.5 Å². The number of hydrogen-bond acceptors (Lipinski definition) is 2. The van der Waals surface area contributed by atoms with Crippen molar-refractivity contribution in [2.45, 2.75) is 125 Å². The molecule has 0 radical (unpaired) electrons. The highest BCUT2D eigenvalue weighted by Gasteiger charge is 2.44. The van der Waals surface area contributed by atoms with Gasteiger partial charge in [0.2, 0.25) is 17.1 Å². The Labute approximate surface area is 324 Å². The van der Waals surface area contributed by atoms with Crippen molar-refractivity contribution < 1.29 is 13.6 Å². The molecule has 0 saturated heterocycles. The molecule has 2 unspecified atom stereocenters. The second-order valence-electron chi connectivity index (χ2n) is 19.2. The zero-order chi connectivity index (χ0) is 38.4. The Morgan fingerprint density at radius 1 is 0.907 bits per heavy atom. The van der Waals surface area contributed by atoms with E-state index < -0.39 is 8.07 Å².